The highest BCUT2D eigenvalue weighted by molar-refractivity contribution is 5.25. The summed E-state index contributed by atoms with van der Waals surface area (Å²) in [4.78, 5) is 0. The molecule has 2 rings (SSSR count). The van der Waals surface area contributed by atoms with Crippen molar-refractivity contribution in [3.8, 4) is 0 Å². The summed E-state index contributed by atoms with van der Waals surface area (Å²) in [5.41, 5.74) is 2.47. The summed E-state index contributed by atoms with van der Waals surface area (Å²) in [5, 5.41) is 11.5. The van der Waals surface area contributed by atoms with Gasteiger partial charge in [-0.05, 0) is 11.5 Å². The monoisotopic (exact) mass is 203 g/mol. The second-order valence-corrected chi connectivity index (χ2v) is 4.06. The Kier molecular flexibility index (Phi) is 2.58. The third-order valence-corrected chi connectivity index (χ3v) is 2.60. The van der Waals surface area contributed by atoms with Gasteiger partial charge in [-0.15, -0.1) is 4.70 Å². The van der Waals surface area contributed by atoms with Crippen molar-refractivity contribution in [3.63, 3.8) is 0 Å². The second-order valence-electron chi connectivity index (χ2n) is 4.06. The molecule has 1 unspecified atom stereocenters. The molecule has 0 saturated carbocycles. The number of hydrogen-bond donors (Lipinski definition) is 0. The van der Waals surface area contributed by atoms with E-state index in [1.165, 1.54) is 5.56 Å². The van der Waals surface area contributed by atoms with Crippen molar-refractivity contribution in [3.05, 3.63) is 35.4 Å². The molecule has 15 heavy (non-hydrogen) atoms. The minimum Gasteiger partial charge on any atom is -0.134 e. The Morgan fingerprint density at radius 3 is 2.33 bits per heavy atom. The molecule has 1 atom stereocenters. The van der Waals surface area contributed by atoms with Crippen LogP contribution in [0, 0.1) is 0 Å². The van der Waals surface area contributed by atoms with E-state index in [1.807, 2.05) is 7.05 Å². The number of rotatable bonds is 2. The fourth-order valence-electron chi connectivity index (χ4n) is 1.59. The van der Waals surface area contributed by atoms with Crippen LogP contribution in [0.4, 0.5) is 0 Å². The largest absolute Gasteiger partial charge is 0.277 e. The van der Waals surface area contributed by atoms with Crippen LogP contribution in [0.3, 0.4) is 0 Å². The maximum absolute atomic E-state index is 4.05. The van der Waals surface area contributed by atoms with Crippen molar-refractivity contribution >= 4 is 0 Å². The fourth-order valence-corrected chi connectivity index (χ4v) is 1.59. The fraction of sp³-hybridized carbons (Fsp3) is 0.455. The zero-order valence-electron chi connectivity index (χ0n) is 9.25. The number of hydrogen-bond acceptors (Lipinski definition) is 3. The van der Waals surface area contributed by atoms with Gasteiger partial charge in [-0.2, -0.15) is 0 Å². The van der Waals surface area contributed by atoms with Crippen molar-refractivity contribution in [1.82, 2.24) is 0 Å². The van der Waals surface area contributed by atoms with Crippen LogP contribution in [0.2, 0.25) is 0 Å². The molecule has 4 heteroatoms. The van der Waals surface area contributed by atoms with E-state index in [2.05, 4.69) is 53.7 Å². The predicted octanol–water partition coefficient (Wildman–Crippen LogP) is 3.28. The maximum atomic E-state index is 4.05. The molecule has 0 radical (unpaired) electrons. The zero-order chi connectivity index (χ0) is 10.8. The SMILES string of the molecule is CC(C)c1ccc(C2N=NN=[N+]2C)cc1. The lowest BCUT2D eigenvalue weighted by molar-refractivity contribution is -0.598. The summed E-state index contributed by atoms with van der Waals surface area (Å²) < 4.78 is 1.75. The van der Waals surface area contributed by atoms with Crippen molar-refractivity contribution < 1.29 is 4.70 Å². The van der Waals surface area contributed by atoms with Crippen molar-refractivity contribution in [2.24, 2.45) is 15.6 Å². The second kappa shape index (κ2) is 3.88. The summed E-state index contributed by atoms with van der Waals surface area (Å²) in [6.45, 7) is 4.37. The predicted molar refractivity (Wildman–Crippen MR) is 56.7 cm³/mol. The lowest BCUT2D eigenvalue weighted by Crippen LogP contribution is -2.06. The van der Waals surface area contributed by atoms with Crippen LogP contribution in [-0.2, 0) is 0 Å². The summed E-state index contributed by atoms with van der Waals surface area (Å²) in [7, 11) is 1.88. The first-order valence-electron chi connectivity index (χ1n) is 5.12. The van der Waals surface area contributed by atoms with Gasteiger partial charge in [0, 0.05) is 10.7 Å². The van der Waals surface area contributed by atoms with Crippen LogP contribution in [0.15, 0.2) is 39.8 Å². The van der Waals surface area contributed by atoms with Crippen molar-refractivity contribution in [2.45, 2.75) is 25.9 Å². The molecule has 0 N–H and O–H groups in total. The van der Waals surface area contributed by atoms with Crippen molar-refractivity contribution in [1.29, 1.82) is 0 Å². The quantitative estimate of drug-likeness (QED) is 0.662. The van der Waals surface area contributed by atoms with E-state index >= 15 is 0 Å². The summed E-state index contributed by atoms with van der Waals surface area (Å²) in [6.07, 6.45) is -0.0498. The van der Waals surface area contributed by atoms with E-state index in [0.717, 1.165) is 5.56 Å². The average molecular weight is 203 g/mol. The summed E-state index contributed by atoms with van der Waals surface area (Å²) in [5.74, 6) is 0.562. The molecule has 0 aliphatic carbocycles. The molecule has 1 aromatic rings. The highest BCUT2D eigenvalue weighted by Crippen LogP contribution is 2.24. The summed E-state index contributed by atoms with van der Waals surface area (Å²) >= 11 is 0. The van der Waals surface area contributed by atoms with Gasteiger partial charge in [-0.25, -0.2) is 0 Å². The van der Waals surface area contributed by atoms with Crippen LogP contribution in [0.1, 0.15) is 37.1 Å². The van der Waals surface area contributed by atoms with Gasteiger partial charge >= 0.3 is 0 Å². The van der Waals surface area contributed by atoms with E-state index in [4.69, 9.17) is 0 Å². The number of benzene rings is 1. The van der Waals surface area contributed by atoms with E-state index < -0.39 is 0 Å². The first-order chi connectivity index (χ1) is 7.18. The van der Waals surface area contributed by atoms with Gasteiger partial charge in [0.1, 0.15) is 7.05 Å². The first kappa shape index (κ1) is 9.96. The Hall–Kier alpha value is -1.58. The zero-order valence-corrected chi connectivity index (χ0v) is 9.25. The van der Waals surface area contributed by atoms with E-state index in [9.17, 15) is 0 Å². The Labute approximate surface area is 89.3 Å². The molecular weight excluding hydrogens is 188 g/mol. The molecule has 4 nitrogen and oxygen atoms in total. The molecule has 0 saturated heterocycles. The highest BCUT2D eigenvalue weighted by Gasteiger charge is 2.24. The van der Waals surface area contributed by atoms with E-state index in [0.29, 0.717) is 5.92 Å². The van der Waals surface area contributed by atoms with E-state index in [-0.39, 0.29) is 6.17 Å². The van der Waals surface area contributed by atoms with Crippen LogP contribution < -0.4 is 0 Å². The Morgan fingerprint density at radius 2 is 1.87 bits per heavy atom. The van der Waals surface area contributed by atoms with Gasteiger partial charge in [0.25, 0.3) is 6.17 Å². The molecule has 1 heterocycles. The number of nitrogens with zero attached hydrogens (tertiary/aromatic N) is 4. The lowest BCUT2D eigenvalue weighted by Gasteiger charge is -2.07. The molecule has 0 bridgehead atoms. The van der Waals surface area contributed by atoms with Crippen LogP contribution >= 0.6 is 0 Å². The Bertz CT molecular complexity index is 403. The minimum atomic E-state index is -0.0498. The molecule has 1 aliphatic rings. The third-order valence-electron chi connectivity index (χ3n) is 2.60. The van der Waals surface area contributed by atoms with Gasteiger partial charge in [0.15, 0.2) is 5.22 Å². The lowest BCUT2D eigenvalue weighted by atomic mass is 10.0. The van der Waals surface area contributed by atoms with E-state index in [1.54, 1.807) is 4.70 Å². The molecule has 1 aliphatic heterocycles. The molecule has 1 aromatic carbocycles. The van der Waals surface area contributed by atoms with Crippen LogP contribution in [0.5, 0.6) is 0 Å². The molecule has 0 fully saturated rings. The van der Waals surface area contributed by atoms with Crippen molar-refractivity contribution in [2.75, 3.05) is 7.05 Å². The minimum absolute atomic E-state index is 0.0498. The Balaban J connectivity index is 2.24. The maximum Gasteiger partial charge on any atom is 0.277 e. The normalized spacial score (nSPS) is 19.7. The van der Waals surface area contributed by atoms with Gasteiger partial charge in [0.05, 0.1) is 0 Å². The highest BCUT2D eigenvalue weighted by atomic mass is 15.6. The van der Waals surface area contributed by atoms with Gasteiger partial charge in [-0.3, -0.25) is 0 Å². The molecular formula is C11H15N4+. The summed E-state index contributed by atoms with van der Waals surface area (Å²) in [6, 6.07) is 8.47. The third kappa shape index (κ3) is 1.93. The van der Waals surface area contributed by atoms with Gasteiger partial charge in [-0.1, -0.05) is 38.1 Å². The molecule has 0 spiro atoms. The standard InChI is InChI=1S/C11H15N4/c1-8(2)9-4-6-10(7-5-9)11-12-13-14-15(11)3/h4-8,11H,1-3H3/q+1. The first-order valence-corrected chi connectivity index (χ1v) is 5.12. The molecule has 0 amide bonds. The van der Waals surface area contributed by atoms with Crippen LogP contribution in [0.25, 0.3) is 0 Å². The smallest absolute Gasteiger partial charge is 0.134 e. The molecule has 0 aromatic heterocycles. The Morgan fingerprint density at radius 1 is 1.20 bits per heavy atom. The van der Waals surface area contributed by atoms with Gasteiger partial charge in [0.2, 0.25) is 5.22 Å². The van der Waals surface area contributed by atoms with Gasteiger partial charge < -0.3 is 0 Å². The topological polar surface area (TPSA) is 40.1 Å². The average Bonchev–Trinajstić information content (AvgIpc) is 2.65. The molecule has 78 valence electrons. The van der Waals surface area contributed by atoms with Crippen LogP contribution in [-0.4, -0.2) is 11.7 Å².